The molecule has 3 heterocycles. The number of ether oxygens (including phenoxy) is 2. The molecule has 0 fully saturated rings. The predicted octanol–water partition coefficient (Wildman–Crippen LogP) is 6.12. The van der Waals surface area contributed by atoms with E-state index in [-0.39, 0.29) is 12.2 Å². The van der Waals surface area contributed by atoms with Crippen LogP contribution >= 0.6 is 34.5 Å². The van der Waals surface area contributed by atoms with Crippen molar-refractivity contribution in [2.45, 2.75) is 26.4 Å². The molecular formula is C33H27Cl2N3O4S. The molecular weight excluding hydrogens is 605 g/mol. The molecule has 1 aliphatic heterocycles. The van der Waals surface area contributed by atoms with Crippen molar-refractivity contribution in [2.75, 3.05) is 13.7 Å². The lowest BCUT2D eigenvalue weighted by atomic mass is 9.96. The number of allylic oxidation sites excluding steroid dienone is 1. The lowest BCUT2D eigenvalue weighted by molar-refractivity contribution is -0.139. The van der Waals surface area contributed by atoms with Crippen LogP contribution in [0.15, 0.2) is 93.9 Å². The third-order valence-electron chi connectivity index (χ3n) is 7.41. The third-order valence-corrected chi connectivity index (χ3v) is 8.98. The van der Waals surface area contributed by atoms with Crippen LogP contribution in [0.2, 0.25) is 10.0 Å². The quantitative estimate of drug-likeness (QED) is 0.203. The van der Waals surface area contributed by atoms with E-state index in [2.05, 4.69) is 4.57 Å². The summed E-state index contributed by atoms with van der Waals surface area (Å²) in [4.78, 5) is 32.6. The fourth-order valence-electron chi connectivity index (χ4n) is 5.38. The van der Waals surface area contributed by atoms with Crippen molar-refractivity contribution in [3.63, 3.8) is 0 Å². The Hall–Kier alpha value is -4.11. The number of hydrogen-bond donors (Lipinski definition) is 0. The standard InChI is InChI=1S/C33H27Cl2N3O4S/c1-4-42-32(40)29-19(2)36-33-38(30(29)20-10-13-25(41-3)14-11-20)31(39)28(43-33)17-24-15-21-7-5-6-8-27(21)37(24)18-22-9-12-23(34)16-26(22)35/h5-17,30H,4,18H2,1-3H3. The zero-order chi connectivity index (χ0) is 30.2. The van der Waals surface area contributed by atoms with Gasteiger partial charge in [0.15, 0.2) is 4.80 Å². The summed E-state index contributed by atoms with van der Waals surface area (Å²) in [5.41, 5.74) is 4.08. The van der Waals surface area contributed by atoms with Crippen LogP contribution in [-0.2, 0) is 16.1 Å². The van der Waals surface area contributed by atoms with E-state index in [0.717, 1.165) is 27.7 Å². The van der Waals surface area contributed by atoms with Gasteiger partial charge in [-0.15, -0.1) is 0 Å². The maximum atomic E-state index is 14.2. The third kappa shape index (κ3) is 5.42. The molecule has 2 aromatic heterocycles. The Morgan fingerprint density at radius 2 is 1.84 bits per heavy atom. The number of halogens is 2. The maximum Gasteiger partial charge on any atom is 0.338 e. The van der Waals surface area contributed by atoms with Crippen LogP contribution in [0.4, 0.5) is 0 Å². The molecule has 0 radical (unpaired) electrons. The van der Waals surface area contributed by atoms with Crippen molar-refractivity contribution < 1.29 is 14.3 Å². The number of fused-ring (bicyclic) bond motifs is 2. The van der Waals surface area contributed by atoms with Gasteiger partial charge in [0.25, 0.3) is 5.56 Å². The Kier molecular flexibility index (Phi) is 8.01. The van der Waals surface area contributed by atoms with Crippen LogP contribution in [0.25, 0.3) is 17.0 Å². The van der Waals surface area contributed by atoms with Crippen LogP contribution in [0.5, 0.6) is 5.75 Å². The van der Waals surface area contributed by atoms with Crippen molar-refractivity contribution in [1.29, 1.82) is 0 Å². The lowest BCUT2D eigenvalue weighted by Gasteiger charge is -2.24. The van der Waals surface area contributed by atoms with E-state index in [1.165, 1.54) is 11.3 Å². The largest absolute Gasteiger partial charge is 0.497 e. The minimum Gasteiger partial charge on any atom is -0.497 e. The van der Waals surface area contributed by atoms with Crippen LogP contribution in [0.1, 0.15) is 36.7 Å². The van der Waals surface area contributed by atoms with Crippen molar-refractivity contribution in [2.24, 2.45) is 4.99 Å². The van der Waals surface area contributed by atoms with E-state index in [1.54, 1.807) is 31.6 Å². The van der Waals surface area contributed by atoms with Crippen LogP contribution in [0.3, 0.4) is 0 Å². The molecule has 0 N–H and O–H groups in total. The van der Waals surface area contributed by atoms with Crippen LogP contribution < -0.4 is 19.6 Å². The second-order valence-electron chi connectivity index (χ2n) is 10.0. The van der Waals surface area contributed by atoms with Gasteiger partial charge in [0.1, 0.15) is 5.75 Å². The second-order valence-corrected chi connectivity index (χ2v) is 11.9. The van der Waals surface area contributed by atoms with E-state index < -0.39 is 12.0 Å². The summed E-state index contributed by atoms with van der Waals surface area (Å²) in [6.45, 7) is 4.21. The SMILES string of the molecule is CCOC(=O)C1=C(C)N=c2sc(=Cc3cc4ccccc4n3Cc3ccc(Cl)cc3Cl)c(=O)n2C1c1ccc(OC)cc1. The van der Waals surface area contributed by atoms with Gasteiger partial charge in [-0.1, -0.05) is 70.9 Å². The number of benzene rings is 3. The first kappa shape index (κ1) is 29.0. The summed E-state index contributed by atoms with van der Waals surface area (Å²) in [5.74, 6) is 0.169. The van der Waals surface area contributed by atoms with Gasteiger partial charge < -0.3 is 14.0 Å². The zero-order valence-electron chi connectivity index (χ0n) is 23.6. The summed E-state index contributed by atoms with van der Waals surface area (Å²) in [6.07, 6.45) is 1.88. The molecule has 0 amide bonds. The molecule has 1 unspecified atom stereocenters. The van der Waals surface area contributed by atoms with Crippen molar-refractivity contribution in [3.8, 4) is 5.75 Å². The summed E-state index contributed by atoms with van der Waals surface area (Å²) in [5, 5.41) is 2.16. The highest BCUT2D eigenvalue weighted by Crippen LogP contribution is 2.32. The van der Waals surface area contributed by atoms with Crippen molar-refractivity contribution >= 4 is 57.5 Å². The average molecular weight is 633 g/mol. The first-order valence-electron chi connectivity index (χ1n) is 13.6. The van der Waals surface area contributed by atoms with Gasteiger partial charge >= 0.3 is 5.97 Å². The van der Waals surface area contributed by atoms with E-state index in [4.69, 9.17) is 37.7 Å². The minimum absolute atomic E-state index is 0.206. The molecule has 0 saturated carbocycles. The number of carbonyl (C=O) groups excluding carboxylic acids is 1. The summed E-state index contributed by atoms with van der Waals surface area (Å²) in [6, 6.07) is 22.2. The molecule has 0 saturated heterocycles. The molecule has 1 aliphatic rings. The number of thiazole rings is 1. The Balaban J connectivity index is 1.54. The second kappa shape index (κ2) is 11.9. The van der Waals surface area contributed by atoms with Crippen molar-refractivity contribution in [3.05, 3.63) is 131 Å². The van der Waals surface area contributed by atoms with Gasteiger partial charge in [0, 0.05) is 33.2 Å². The normalized spacial score (nSPS) is 15.0. The Labute approximate surface area is 261 Å². The molecule has 43 heavy (non-hydrogen) atoms. The smallest absolute Gasteiger partial charge is 0.338 e. The van der Waals surface area contributed by atoms with Gasteiger partial charge in [0.2, 0.25) is 0 Å². The van der Waals surface area contributed by atoms with Gasteiger partial charge in [-0.25, -0.2) is 9.79 Å². The molecule has 1 atom stereocenters. The number of carbonyl (C=O) groups is 1. The maximum absolute atomic E-state index is 14.2. The molecule has 0 bridgehead atoms. The number of rotatable bonds is 7. The first-order chi connectivity index (χ1) is 20.8. The summed E-state index contributed by atoms with van der Waals surface area (Å²) < 4.78 is 14.9. The van der Waals surface area contributed by atoms with E-state index >= 15 is 0 Å². The molecule has 10 heteroatoms. The number of esters is 1. The Morgan fingerprint density at radius 1 is 1.07 bits per heavy atom. The van der Waals surface area contributed by atoms with E-state index in [9.17, 15) is 9.59 Å². The van der Waals surface area contributed by atoms with Gasteiger partial charge in [0.05, 0.1) is 35.6 Å². The van der Waals surface area contributed by atoms with Gasteiger partial charge in [-0.3, -0.25) is 9.36 Å². The average Bonchev–Trinajstić information content (AvgIpc) is 3.49. The fraction of sp³-hybridized carbons (Fsp3) is 0.182. The lowest BCUT2D eigenvalue weighted by Crippen LogP contribution is -2.40. The Morgan fingerprint density at radius 3 is 2.56 bits per heavy atom. The first-order valence-corrected chi connectivity index (χ1v) is 15.2. The topological polar surface area (TPSA) is 74.8 Å². The number of para-hydroxylation sites is 1. The minimum atomic E-state index is -0.706. The van der Waals surface area contributed by atoms with Gasteiger partial charge in [-0.2, -0.15) is 0 Å². The van der Waals surface area contributed by atoms with Crippen LogP contribution in [0, 0.1) is 0 Å². The Bertz CT molecular complexity index is 2090. The molecule has 7 nitrogen and oxygen atoms in total. The summed E-state index contributed by atoms with van der Waals surface area (Å²) >= 11 is 14.0. The van der Waals surface area contributed by atoms with Crippen molar-refractivity contribution in [1.82, 2.24) is 9.13 Å². The fourth-order valence-corrected chi connectivity index (χ4v) is 6.87. The molecule has 0 spiro atoms. The highest BCUT2D eigenvalue weighted by atomic mass is 35.5. The molecule has 5 aromatic rings. The van der Waals surface area contributed by atoms with Gasteiger partial charge in [-0.05, 0) is 67.4 Å². The highest BCUT2D eigenvalue weighted by molar-refractivity contribution is 7.07. The number of hydrogen-bond acceptors (Lipinski definition) is 6. The predicted molar refractivity (Wildman–Crippen MR) is 171 cm³/mol. The summed E-state index contributed by atoms with van der Waals surface area (Å²) in [7, 11) is 1.59. The molecule has 3 aromatic carbocycles. The number of nitrogens with zero attached hydrogens (tertiary/aromatic N) is 3. The number of methoxy groups -OCH3 is 1. The molecule has 0 aliphatic carbocycles. The molecule has 218 valence electrons. The zero-order valence-corrected chi connectivity index (χ0v) is 26.0. The highest BCUT2D eigenvalue weighted by Gasteiger charge is 2.33. The number of aromatic nitrogens is 2. The molecule has 6 rings (SSSR count). The van der Waals surface area contributed by atoms with E-state index in [0.29, 0.717) is 42.9 Å². The van der Waals surface area contributed by atoms with E-state index in [1.807, 2.05) is 72.8 Å². The van der Waals surface area contributed by atoms with Crippen LogP contribution in [-0.4, -0.2) is 28.8 Å². The monoisotopic (exact) mass is 631 g/mol.